The maximum Gasteiger partial charge on any atom is 0.331 e. The van der Waals surface area contributed by atoms with Gasteiger partial charge in [0, 0.05) is 6.08 Å². The second-order valence-electron chi connectivity index (χ2n) is 5.09. The lowest BCUT2D eigenvalue weighted by atomic mass is 10.2. The van der Waals surface area contributed by atoms with Gasteiger partial charge in [0.2, 0.25) is 0 Å². The number of hydrogen-bond acceptors (Lipinski definition) is 7. The first kappa shape index (κ1) is 19.2. The van der Waals surface area contributed by atoms with Crippen LogP contribution in [0.4, 0.5) is 0 Å². The highest BCUT2D eigenvalue weighted by Crippen LogP contribution is 2.27. The van der Waals surface area contributed by atoms with E-state index in [2.05, 4.69) is 36.2 Å². The maximum atomic E-state index is 11.7. The minimum atomic E-state index is -0.602. The van der Waals surface area contributed by atoms with Gasteiger partial charge in [0.05, 0.1) is 28.8 Å². The highest BCUT2D eigenvalue weighted by molar-refractivity contribution is 9.10. The van der Waals surface area contributed by atoms with Gasteiger partial charge in [-0.05, 0) is 59.2 Å². The topological polar surface area (TPSA) is 89.3 Å². The Labute approximate surface area is 157 Å². The summed E-state index contributed by atoms with van der Waals surface area (Å²) in [6, 6.07) is 5.54. The van der Waals surface area contributed by atoms with Gasteiger partial charge in [-0.1, -0.05) is 6.07 Å². The van der Waals surface area contributed by atoms with Gasteiger partial charge in [-0.25, -0.2) is 4.79 Å². The van der Waals surface area contributed by atoms with Gasteiger partial charge in [0.15, 0.2) is 5.17 Å². The van der Waals surface area contributed by atoms with Crippen molar-refractivity contribution in [2.45, 2.75) is 20.0 Å². The van der Waals surface area contributed by atoms with E-state index in [1.54, 1.807) is 6.21 Å². The molecule has 1 N–H and O–H groups in total. The molecule has 0 bridgehead atoms. The molecule has 0 spiro atoms. The van der Waals surface area contributed by atoms with Gasteiger partial charge in [0.25, 0.3) is 5.91 Å². The van der Waals surface area contributed by atoms with Gasteiger partial charge in [0.1, 0.15) is 5.75 Å². The quantitative estimate of drug-likeness (QED) is 0.339. The summed E-state index contributed by atoms with van der Waals surface area (Å²) < 4.78 is 11.0. The average molecular weight is 426 g/mol. The summed E-state index contributed by atoms with van der Waals surface area (Å²) in [5.74, 6) is -0.311. The van der Waals surface area contributed by atoms with Gasteiger partial charge in [-0.3, -0.25) is 10.1 Å². The number of methoxy groups -OCH3 is 1. The number of ether oxygens (including phenoxy) is 2. The van der Waals surface area contributed by atoms with Gasteiger partial charge < -0.3 is 9.47 Å². The molecule has 1 heterocycles. The summed E-state index contributed by atoms with van der Waals surface area (Å²) >= 11 is 4.44. The first-order chi connectivity index (χ1) is 11.9. The number of thioether (sulfide) groups is 1. The maximum absolute atomic E-state index is 11.7. The number of nitrogens with zero attached hydrogens (tertiary/aromatic N) is 2. The molecule has 132 valence electrons. The zero-order chi connectivity index (χ0) is 18.4. The molecule has 0 unspecified atom stereocenters. The highest BCUT2D eigenvalue weighted by Gasteiger charge is 2.24. The minimum absolute atomic E-state index is 0.0499. The molecule has 0 aliphatic carbocycles. The lowest BCUT2D eigenvalue weighted by Crippen LogP contribution is -2.19. The van der Waals surface area contributed by atoms with Crippen molar-refractivity contribution in [3.05, 3.63) is 39.2 Å². The van der Waals surface area contributed by atoms with Crippen molar-refractivity contribution >= 4 is 51.0 Å². The third-order valence-corrected chi connectivity index (χ3v) is 4.33. The first-order valence-corrected chi connectivity index (χ1v) is 8.86. The fraction of sp³-hybridized carbons (Fsp3) is 0.250. The van der Waals surface area contributed by atoms with Crippen LogP contribution in [0.3, 0.4) is 0 Å². The van der Waals surface area contributed by atoms with E-state index in [4.69, 9.17) is 4.74 Å². The molecule has 1 saturated heterocycles. The van der Waals surface area contributed by atoms with Crippen LogP contribution in [-0.2, 0) is 14.3 Å². The van der Waals surface area contributed by atoms with Crippen molar-refractivity contribution in [2.75, 3.05) is 7.11 Å². The van der Waals surface area contributed by atoms with Crippen molar-refractivity contribution in [1.82, 2.24) is 5.32 Å². The summed E-state index contributed by atoms with van der Waals surface area (Å²) in [5.41, 5.74) is 0.794. The minimum Gasteiger partial charge on any atom is -0.490 e. The number of rotatable bonds is 5. The summed E-state index contributed by atoms with van der Waals surface area (Å²) in [4.78, 5) is 23.1. The molecule has 25 heavy (non-hydrogen) atoms. The summed E-state index contributed by atoms with van der Waals surface area (Å²) in [7, 11) is 1.24. The van der Waals surface area contributed by atoms with Crippen LogP contribution in [0, 0.1) is 0 Å². The second-order valence-corrected chi connectivity index (χ2v) is 6.98. The molecule has 0 atom stereocenters. The van der Waals surface area contributed by atoms with Crippen LogP contribution in [0.5, 0.6) is 5.75 Å². The monoisotopic (exact) mass is 425 g/mol. The number of nitrogens with one attached hydrogen (secondary N) is 1. The predicted molar refractivity (Wildman–Crippen MR) is 101 cm³/mol. The van der Waals surface area contributed by atoms with Crippen molar-refractivity contribution in [1.29, 1.82) is 0 Å². The van der Waals surface area contributed by atoms with Crippen LogP contribution in [0.2, 0.25) is 0 Å². The van der Waals surface area contributed by atoms with Crippen LogP contribution >= 0.6 is 27.7 Å². The third kappa shape index (κ3) is 5.71. The Bertz CT molecular complexity index is 775. The molecule has 1 aliphatic heterocycles. The standard InChI is InChI=1S/C16H16BrN3O4S/c1-9(2)24-12-6-10(4-5-11(12)17)8-18-20-16-19-15(22)13(25-16)7-14(21)23-3/h4-9H,1-3H3,(H,19,20,22)/b13-7+,18-8?. The molecule has 1 aromatic carbocycles. The molecule has 1 amide bonds. The number of carbonyl (C=O) groups is 2. The van der Waals surface area contributed by atoms with Crippen LogP contribution in [0.1, 0.15) is 19.4 Å². The van der Waals surface area contributed by atoms with Crippen LogP contribution in [0.15, 0.2) is 43.9 Å². The number of carbonyl (C=O) groups excluding carboxylic acids is 2. The zero-order valence-electron chi connectivity index (χ0n) is 13.8. The van der Waals surface area contributed by atoms with Crippen LogP contribution in [-0.4, -0.2) is 36.5 Å². The van der Waals surface area contributed by atoms with E-state index in [1.807, 2.05) is 32.0 Å². The molecule has 0 radical (unpaired) electrons. The molecule has 1 fully saturated rings. The Morgan fingerprint density at radius 1 is 1.40 bits per heavy atom. The number of benzene rings is 1. The average Bonchev–Trinajstić information content (AvgIpc) is 2.89. The highest BCUT2D eigenvalue weighted by atomic mass is 79.9. The lowest BCUT2D eigenvalue weighted by molar-refractivity contribution is -0.135. The SMILES string of the molecule is COC(=O)/C=C1/S/C(=N\N=Cc2ccc(Br)c(OC(C)C)c2)NC1=O. The summed E-state index contributed by atoms with van der Waals surface area (Å²) in [5, 5.41) is 10.7. The second kappa shape index (κ2) is 8.82. The largest absolute Gasteiger partial charge is 0.490 e. The molecular formula is C16H16BrN3O4S. The van der Waals surface area contributed by atoms with Crippen molar-refractivity contribution in [3.63, 3.8) is 0 Å². The van der Waals surface area contributed by atoms with E-state index in [0.717, 1.165) is 27.9 Å². The third-order valence-electron chi connectivity index (χ3n) is 2.77. The summed E-state index contributed by atoms with van der Waals surface area (Å²) in [6.45, 7) is 3.89. The van der Waals surface area contributed by atoms with Crippen molar-refractivity contribution in [2.24, 2.45) is 10.2 Å². The van der Waals surface area contributed by atoms with Crippen molar-refractivity contribution in [3.8, 4) is 5.75 Å². The Morgan fingerprint density at radius 2 is 2.16 bits per heavy atom. The predicted octanol–water partition coefficient (Wildman–Crippen LogP) is 2.85. The van der Waals surface area contributed by atoms with E-state index in [-0.39, 0.29) is 16.2 Å². The number of halogens is 1. The number of amidine groups is 1. The number of amides is 1. The number of hydrogen-bond donors (Lipinski definition) is 1. The van der Waals surface area contributed by atoms with E-state index in [9.17, 15) is 9.59 Å². The van der Waals surface area contributed by atoms with E-state index < -0.39 is 11.9 Å². The Kier molecular flexibility index (Phi) is 6.77. The molecular weight excluding hydrogens is 410 g/mol. The summed E-state index contributed by atoms with van der Waals surface area (Å²) in [6.07, 6.45) is 2.70. The Morgan fingerprint density at radius 3 is 2.84 bits per heavy atom. The Hall–Kier alpha value is -2.13. The first-order valence-electron chi connectivity index (χ1n) is 7.25. The molecule has 7 nitrogen and oxygen atoms in total. The number of esters is 1. The van der Waals surface area contributed by atoms with Crippen molar-refractivity contribution < 1.29 is 19.1 Å². The Balaban J connectivity index is 2.08. The van der Waals surface area contributed by atoms with E-state index >= 15 is 0 Å². The fourth-order valence-electron chi connectivity index (χ4n) is 1.73. The smallest absolute Gasteiger partial charge is 0.331 e. The van der Waals surface area contributed by atoms with Crippen LogP contribution in [0.25, 0.3) is 0 Å². The zero-order valence-corrected chi connectivity index (χ0v) is 16.2. The molecule has 0 saturated carbocycles. The molecule has 1 aliphatic rings. The molecule has 2 rings (SSSR count). The molecule has 9 heteroatoms. The van der Waals surface area contributed by atoms with Gasteiger partial charge in [-0.2, -0.15) is 5.10 Å². The van der Waals surface area contributed by atoms with Gasteiger partial charge in [-0.15, -0.1) is 5.10 Å². The van der Waals surface area contributed by atoms with E-state index in [1.165, 1.54) is 7.11 Å². The molecule has 0 aromatic heterocycles. The fourth-order valence-corrected chi connectivity index (χ4v) is 2.81. The lowest BCUT2D eigenvalue weighted by Gasteiger charge is -2.11. The normalized spacial score (nSPS) is 17.6. The van der Waals surface area contributed by atoms with E-state index in [0.29, 0.717) is 5.75 Å². The molecule has 1 aromatic rings. The van der Waals surface area contributed by atoms with Gasteiger partial charge >= 0.3 is 5.97 Å². The van der Waals surface area contributed by atoms with Crippen LogP contribution < -0.4 is 10.1 Å².